The van der Waals surface area contributed by atoms with Gasteiger partial charge in [0, 0.05) is 18.2 Å². The Bertz CT molecular complexity index is 1510. The summed E-state index contributed by atoms with van der Waals surface area (Å²) < 4.78 is 32.0. The molecule has 37 heavy (non-hydrogen) atoms. The van der Waals surface area contributed by atoms with Crippen LogP contribution in [-0.2, 0) is 23.1 Å². The SMILES string of the molecule is Cc1cccc(C)c1N(Cc1ccc(C(=O)N(C)Cc2nc(-c3ccccc3Cl)no2)cc1)S(C)(=O)=O. The van der Waals surface area contributed by atoms with E-state index in [1.54, 1.807) is 43.4 Å². The van der Waals surface area contributed by atoms with Crippen LogP contribution in [0.5, 0.6) is 0 Å². The number of rotatable bonds is 8. The van der Waals surface area contributed by atoms with E-state index in [0.29, 0.717) is 27.7 Å². The van der Waals surface area contributed by atoms with Gasteiger partial charge in [-0.1, -0.05) is 59.2 Å². The number of amides is 1. The van der Waals surface area contributed by atoms with Crippen LogP contribution in [0.2, 0.25) is 5.02 Å². The number of halogens is 1. The summed E-state index contributed by atoms with van der Waals surface area (Å²) in [5.41, 5.74) is 4.27. The van der Waals surface area contributed by atoms with E-state index < -0.39 is 10.0 Å². The van der Waals surface area contributed by atoms with E-state index in [1.807, 2.05) is 44.2 Å². The molecular weight excluding hydrogens is 512 g/mol. The van der Waals surface area contributed by atoms with Gasteiger partial charge in [-0.05, 0) is 54.8 Å². The van der Waals surface area contributed by atoms with Gasteiger partial charge in [0.15, 0.2) is 0 Å². The third kappa shape index (κ3) is 6.00. The summed E-state index contributed by atoms with van der Waals surface area (Å²) >= 11 is 6.20. The molecule has 192 valence electrons. The molecule has 0 spiro atoms. The van der Waals surface area contributed by atoms with Gasteiger partial charge >= 0.3 is 0 Å². The third-order valence-electron chi connectivity index (χ3n) is 5.92. The van der Waals surface area contributed by atoms with Crippen molar-refractivity contribution in [3.63, 3.8) is 0 Å². The maximum atomic E-state index is 13.0. The number of aromatic nitrogens is 2. The molecule has 0 radical (unpaired) electrons. The highest BCUT2D eigenvalue weighted by molar-refractivity contribution is 7.92. The Hall–Kier alpha value is -3.69. The number of hydrogen-bond donors (Lipinski definition) is 0. The molecule has 0 N–H and O–H groups in total. The topological polar surface area (TPSA) is 96.6 Å². The second-order valence-electron chi connectivity index (χ2n) is 8.86. The number of hydrogen-bond acceptors (Lipinski definition) is 6. The van der Waals surface area contributed by atoms with Gasteiger partial charge in [-0.15, -0.1) is 0 Å². The van der Waals surface area contributed by atoms with E-state index in [-0.39, 0.29) is 24.9 Å². The molecule has 10 heteroatoms. The summed E-state index contributed by atoms with van der Waals surface area (Å²) in [5, 5.41) is 4.47. The maximum Gasteiger partial charge on any atom is 0.254 e. The molecule has 0 fully saturated rings. The van der Waals surface area contributed by atoms with Crippen molar-refractivity contribution in [1.29, 1.82) is 0 Å². The molecule has 0 unspecified atom stereocenters. The van der Waals surface area contributed by atoms with E-state index in [4.69, 9.17) is 16.1 Å². The minimum atomic E-state index is -3.53. The molecular formula is C27H27ClN4O4S. The van der Waals surface area contributed by atoms with Gasteiger partial charge in [-0.25, -0.2) is 8.42 Å². The smallest absolute Gasteiger partial charge is 0.254 e. The van der Waals surface area contributed by atoms with E-state index in [9.17, 15) is 13.2 Å². The summed E-state index contributed by atoms with van der Waals surface area (Å²) in [6.45, 7) is 4.05. The van der Waals surface area contributed by atoms with Gasteiger partial charge in [-0.3, -0.25) is 9.10 Å². The minimum absolute atomic E-state index is 0.118. The highest BCUT2D eigenvalue weighted by Gasteiger charge is 2.22. The highest BCUT2D eigenvalue weighted by Crippen LogP contribution is 2.29. The fourth-order valence-electron chi connectivity index (χ4n) is 4.05. The Balaban J connectivity index is 1.47. The molecule has 0 aliphatic rings. The van der Waals surface area contributed by atoms with E-state index in [1.165, 1.54) is 15.5 Å². The lowest BCUT2D eigenvalue weighted by atomic mass is 10.1. The predicted molar refractivity (Wildman–Crippen MR) is 144 cm³/mol. The molecule has 0 aliphatic heterocycles. The van der Waals surface area contributed by atoms with Crippen LogP contribution in [0, 0.1) is 13.8 Å². The first-order chi connectivity index (χ1) is 17.5. The fraction of sp³-hybridized carbons (Fsp3) is 0.222. The zero-order chi connectivity index (χ0) is 26.7. The Morgan fingerprint density at radius 3 is 2.22 bits per heavy atom. The second kappa shape index (κ2) is 10.7. The lowest BCUT2D eigenvalue weighted by molar-refractivity contribution is 0.0769. The van der Waals surface area contributed by atoms with Crippen LogP contribution in [-0.4, -0.2) is 42.7 Å². The first kappa shape index (κ1) is 26.4. The summed E-state index contributed by atoms with van der Waals surface area (Å²) in [4.78, 5) is 18.8. The zero-order valence-corrected chi connectivity index (χ0v) is 22.5. The summed E-state index contributed by atoms with van der Waals surface area (Å²) in [5.74, 6) is 0.392. The number of nitrogens with zero attached hydrogens (tertiary/aromatic N) is 4. The van der Waals surface area contributed by atoms with Crippen LogP contribution in [0.25, 0.3) is 11.4 Å². The third-order valence-corrected chi connectivity index (χ3v) is 7.36. The number of carbonyl (C=O) groups excluding carboxylic acids is 1. The number of aryl methyl sites for hydroxylation is 2. The Morgan fingerprint density at radius 1 is 0.946 bits per heavy atom. The zero-order valence-electron chi connectivity index (χ0n) is 21.0. The van der Waals surface area contributed by atoms with Gasteiger partial charge in [0.2, 0.25) is 21.7 Å². The van der Waals surface area contributed by atoms with Gasteiger partial charge < -0.3 is 9.42 Å². The monoisotopic (exact) mass is 538 g/mol. The summed E-state index contributed by atoms with van der Waals surface area (Å²) in [7, 11) is -1.89. The van der Waals surface area contributed by atoms with Gasteiger partial charge in [0.1, 0.15) is 0 Å². The number of carbonyl (C=O) groups is 1. The molecule has 0 aliphatic carbocycles. The number of benzene rings is 3. The van der Waals surface area contributed by atoms with Crippen molar-refractivity contribution in [2.24, 2.45) is 0 Å². The average Bonchev–Trinajstić information content (AvgIpc) is 3.31. The van der Waals surface area contributed by atoms with Gasteiger partial charge in [0.25, 0.3) is 5.91 Å². The molecule has 0 atom stereocenters. The summed E-state index contributed by atoms with van der Waals surface area (Å²) in [6, 6.07) is 19.7. The van der Waals surface area contributed by atoms with Crippen molar-refractivity contribution in [3.05, 3.63) is 99.9 Å². The van der Waals surface area contributed by atoms with Gasteiger partial charge in [0.05, 0.1) is 30.1 Å². The molecule has 4 rings (SSSR count). The lowest BCUT2D eigenvalue weighted by Crippen LogP contribution is -2.30. The maximum absolute atomic E-state index is 13.0. The lowest BCUT2D eigenvalue weighted by Gasteiger charge is -2.26. The number of sulfonamides is 1. The Kier molecular flexibility index (Phi) is 7.65. The molecule has 1 amide bonds. The first-order valence-electron chi connectivity index (χ1n) is 11.5. The fourth-order valence-corrected chi connectivity index (χ4v) is 5.27. The second-order valence-corrected chi connectivity index (χ2v) is 11.2. The van der Waals surface area contributed by atoms with Crippen LogP contribution in [0.4, 0.5) is 5.69 Å². The van der Waals surface area contributed by atoms with E-state index in [2.05, 4.69) is 10.1 Å². The van der Waals surface area contributed by atoms with E-state index >= 15 is 0 Å². The standard InChI is InChI=1S/C27H27ClN4O4S/c1-18-8-7-9-19(2)25(18)32(37(4,34)35)16-20-12-14-21(15-13-20)27(33)31(3)17-24-29-26(30-36-24)22-10-5-6-11-23(22)28/h5-15H,16-17H2,1-4H3. The van der Waals surface area contributed by atoms with E-state index in [0.717, 1.165) is 16.7 Å². The Morgan fingerprint density at radius 2 is 1.59 bits per heavy atom. The molecule has 0 saturated heterocycles. The van der Waals surface area contributed by atoms with Crippen molar-refractivity contribution in [2.45, 2.75) is 26.9 Å². The average molecular weight is 539 g/mol. The number of anilines is 1. The van der Waals surface area contributed by atoms with Crippen molar-refractivity contribution in [3.8, 4) is 11.4 Å². The van der Waals surface area contributed by atoms with Crippen LogP contribution in [0.1, 0.15) is 32.9 Å². The molecule has 4 aromatic rings. The number of para-hydroxylation sites is 1. The quantitative estimate of drug-likeness (QED) is 0.304. The highest BCUT2D eigenvalue weighted by atomic mass is 35.5. The van der Waals surface area contributed by atoms with Crippen molar-refractivity contribution in [1.82, 2.24) is 15.0 Å². The van der Waals surface area contributed by atoms with Crippen LogP contribution >= 0.6 is 11.6 Å². The van der Waals surface area contributed by atoms with Crippen LogP contribution in [0.3, 0.4) is 0 Å². The molecule has 0 saturated carbocycles. The molecule has 8 nitrogen and oxygen atoms in total. The van der Waals surface area contributed by atoms with Crippen molar-refractivity contribution in [2.75, 3.05) is 17.6 Å². The normalized spacial score (nSPS) is 11.4. The van der Waals surface area contributed by atoms with Crippen molar-refractivity contribution >= 4 is 33.2 Å². The van der Waals surface area contributed by atoms with Crippen LogP contribution in [0.15, 0.2) is 71.3 Å². The predicted octanol–water partition coefficient (Wildman–Crippen LogP) is 5.25. The van der Waals surface area contributed by atoms with Crippen LogP contribution < -0.4 is 4.31 Å². The first-order valence-corrected chi connectivity index (χ1v) is 13.7. The molecule has 1 heterocycles. The molecule has 0 bridgehead atoms. The molecule has 1 aromatic heterocycles. The Labute approximate surface area is 221 Å². The minimum Gasteiger partial charge on any atom is -0.337 e. The molecule has 3 aromatic carbocycles. The largest absolute Gasteiger partial charge is 0.337 e. The van der Waals surface area contributed by atoms with Crippen molar-refractivity contribution < 1.29 is 17.7 Å². The van der Waals surface area contributed by atoms with Gasteiger partial charge in [-0.2, -0.15) is 4.98 Å². The summed E-state index contributed by atoms with van der Waals surface area (Å²) in [6.07, 6.45) is 1.19.